The maximum absolute atomic E-state index is 11.9. The summed E-state index contributed by atoms with van der Waals surface area (Å²) >= 11 is 0. The minimum Gasteiger partial charge on any atom is -0.458 e. The van der Waals surface area contributed by atoms with Crippen LogP contribution in [-0.4, -0.2) is 104 Å². The molecule has 11 atom stereocenters. The van der Waals surface area contributed by atoms with Gasteiger partial charge in [0, 0.05) is 20.3 Å². The lowest BCUT2D eigenvalue weighted by molar-refractivity contribution is -0.229. The van der Waals surface area contributed by atoms with Crippen LogP contribution < -0.4 is 0 Å². The minimum absolute atomic E-state index is 0.142. The van der Waals surface area contributed by atoms with E-state index in [-0.39, 0.29) is 31.6 Å². The Hall–Kier alpha value is -2.61. The molecule has 5 N–H and O–H groups in total. The number of aliphatic hydroxyl groups excluding tert-OH is 5. The number of cyclic esters (lactones) is 1. The molecule has 12 nitrogen and oxygen atoms in total. The quantitative estimate of drug-likeness (QED) is 0.0768. The maximum Gasteiger partial charge on any atom is 0.310 e. The molecule has 2 saturated heterocycles. The van der Waals surface area contributed by atoms with Gasteiger partial charge in [-0.2, -0.15) is 0 Å². The van der Waals surface area contributed by atoms with Crippen molar-refractivity contribution in [3.05, 3.63) is 35.5 Å². The third-order valence-corrected chi connectivity index (χ3v) is 7.79. The van der Waals surface area contributed by atoms with Gasteiger partial charge in [-0.25, -0.2) is 0 Å². The van der Waals surface area contributed by atoms with Crippen LogP contribution in [0.4, 0.5) is 0 Å². The number of ether oxygens (including phenoxy) is 4. The molecule has 2 aliphatic rings. The number of carbonyl (C=O) groups is 3. The molecule has 2 fully saturated rings. The first-order chi connectivity index (χ1) is 20.6. The summed E-state index contributed by atoms with van der Waals surface area (Å²) in [6.07, 6.45) is -2.75. The lowest BCUT2D eigenvalue weighted by Crippen LogP contribution is -2.58. The third-order valence-electron chi connectivity index (χ3n) is 7.79. The van der Waals surface area contributed by atoms with Crippen LogP contribution in [0.2, 0.25) is 0 Å². The molecule has 0 radical (unpaired) electrons. The Bertz CT molecular complexity index is 1050. The van der Waals surface area contributed by atoms with Crippen molar-refractivity contribution in [2.75, 3.05) is 0 Å². The van der Waals surface area contributed by atoms with Crippen LogP contribution in [0.15, 0.2) is 35.5 Å². The van der Waals surface area contributed by atoms with Crippen molar-refractivity contribution in [1.29, 1.82) is 0 Å². The summed E-state index contributed by atoms with van der Waals surface area (Å²) in [5, 5.41) is 52.8. The van der Waals surface area contributed by atoms with Crippen molar-refractivity contribution in [1.82, 2.24) is 0 Å². The lowest BCUT2D eigenvalue weighted by Gasteiger charge is -2.42. The molecule has 250 valence electrons. The zero-order chi connectivity index (χ0) is 33.1. The van der Waals surface area contributed by atoms with Crippen LogP contribution in [0.1, 0.15) is 80.1 Å². The fraction of sp³-hybridized carbons (Fsp3) is 0.719. The van der Waals surface area contributed by atoms with E-state index in [0.717, 1.165) is 11.1 Å². The second-order valence-electron chi connectivity index (χ2n) is 12.0. The molecule has 0 aliphatic carbocycles. The van der Waals surface area contributed by atoms with Gasteiger partial charge in [0.1, 0.15) is 24.4 Å². The summed E-state index contributed by atoms with van der Waals surface area (Å²) in [5.74, 6) is -1.97. The topological polar surface area (TPSA) is 189 Å². The molecule has 0 aromatic carbocycles. The first-order valence-electron chi connectivity index (χ1n) is 15.2. The van der Waals surface area contributed by atoms with Gasteiger partial charge >= 0.3 is 17.9 Å². The fourth-order valence-electron chi connectivity index (χ4n) is 5.75. The number of hydrogen-bond donors (Lipinski definition) is 5. The lowest BCUT2D eigenvalue weighted by atomic mass is 9.87. The Morgan fingerprint density at radius 2 is 1.66 bits per heavy atom. The SMILES string of the molecule is C/C=C/C(C)=C/CC[C@@H](O)[C@H](O)C[C@H]1O[C@@H](C/C(C)=C\[C@@H](C)C[C@H](OC(C)=O)[C@H]2OC(=O)C[C@H]2OC(C)=O)[C@@H](O)[C@H](O)[C@@H]1O. The Morgan fingerprint density at radius 1 is 1.00 bits per heavy atom. The number of aliphatic hydroxyl groups is 5. The molecule has 0 amide bonds. The number of hydrogen-bond acceptors (Lipinski definition) is 12. The van der Waals surface area contributed by atoms with Crippen molar-refractivity contribution in [3.63, 3.8) is 0 Å². The number of esters is 3. The summed E-state index contributed by atoms with van der Waals surface area (Å²) in [6.45, 7) is 9.93. The largest absolute Gasteiger partial charge is 0.458 e. The average Bonchev–Trinajstić information content (AvgIpc) is 3.28. The monoisotopic (exact) mass is 626 g/mol. The van der Waals surface area contributed by atoms with Gasteiger partial charge in [-0.05, 0) is 52.4 Å². The predicted octanol–water partition coefficient (Wildman–Crippen LogP) is 1.79. The molecule has 2 aliphatic heterocycles. The van der Waals surface area contributed by atoms with Crippen LogP contribution in [0.3, 0.4) is 0 Å². The second kappa shape index (κ2) is 17.8. The molecule has 44 heavy (non-hydrogen) atoms. The van der Waals surface area contributed by atoms with E-state index in [1.165, 1.54) is 13.8 Å². The van der Waals surface area contributed by atoms with Crippen molar-refractivity contribution in [3.8, 4) is 0 Å². The maximum atomic E-state index is 11.9. The molecule has 2 rings (SSSR count). The highest BCUT2D eigenvalue weighted by Crippen LogP contribution is 2.31. The highest BCUT2D eigenvalue weighted by molar-refractivity contribution is 5.74. The van der Waals surface area contributed by atoms with E-state index < -0.39 is 78.9 Å². The van der Waals surface area contributed by atoms with E-state index in [9.17, 15) is 39.9 Å². The van der Waals surface area contributed by atoms with E-state index >= 15 is 0 Å². The van der Waals surface area contributed by atoms with Crippen molar-refractivity contribution in [2.45, 2.75) is 141 Å². The fourth-order valence-corrected chi connectivity index (χ4v) is 5.75. The van der Waals surface area contributed by atoms with E-state index in [2.05, 4.69) is 0 Å². The zero-order valence-electron chi connectivity index (χ0n) is 26.5. The molecule has 0 saturated carbocycles. The molecular weight excluding hydrogens is 576 g/mol. The molecular formula is C32H50O12. The van der Waals surface area contributed by atoms with Gasteiger partial charge in [0.25, 0.3) is 0 Å². The van der Waals surface area contributed by atoms with E-state index in [1.807, 2.05) is 45.1 Å². The van der Waals surface area contributed by atoms with Crippen LogP contribution in [0.5, 0.6) is 0 Å². The van der Waals surface area contributed by atoms with E-state index in [1.54, 1.807) is 6.92 Å². The van der Waals surface area contributed by atoms with Crippen molar-refractivity contribution in [2.24, 2.45) is 5.92 Å². The highest BCUT2D eigenvalue weighted by Gasteiger charge is 2.46. The Morgan fingerprint density at radius 3 is 2.27 bits per heavy atom. The van der Waals surface area contributed by atoms with E-state index in [4.69, 9.17) is 18.9 Å². The normalized spacial score (nSPS) is 30.9. The van der Waals surface area contributed by atoms with Crippen LogP contribution in [-0.2, 0) is 33.3 Å². The van der Waals surface area contributed by atoms with Crippen molar-refractivity contribution >= 4 is 17.9 Å². The first-order valence-corrected chi connectivity index (χ1v) is 15.2. The van der Waals surface area contributed by atoms with Crippen molar-refractivity contribution < 1.29 is 58.9 Å². The Kier molecular flexibility index (Phi) is 15.2. The van der Waals surface area contributed by atoms with Gasteiger partial charge in [-0.15, -0.1) is 0 Å². The third kappa shape index (κ3) is 11.7. The van der Waals surface area contributed by atoms with Gasteiger partial charge in [0.15, 0.2) is 12.2 Å². The molecule has 12 heteroatoms. The molecule has 2 heterocycles. The smallest absolute Gasteiger partial charge is 0.310 e. The molecule has 0 spiro atoms. The number of allylic oxidation sites excluding steroid dienone is 5. The van der Waals surface area contributed by atoms with Gasteiger partial charge < -0.3 is 44.5 Å². The van der Waals surface area contributed by atoms with Crippen LogP contribution in [0.25, 0.3) is 0 Å². The predicted molar refractivity (Wildman–Crippen MR) is 159 cm³/mol. The summed E-state index contributed by atoms with van der Waals surface area (Å²) in [5.41, 5.74) is 1.79. The second-order valence-corrected chi connectivity index (χ2v) is 12.0. The first kappa shape index (κ1) is 37.6. The highest BCUT2D eigenvalue weighted by atomic mass is 16.6. The minimum atomic E-state index is -1.52. The zero-order valence-corrected chi connectivity index (χ0v) is 26.5. The van der Waals surface area contributed by atoms with Crippen LogP contribution in [0, 0.1) is 5.92 Å². The number of carbonyl (C=O) groups excluding carboxylic acids is 3. The molecule has 0 aromatic rings. The molecule has 0 bridgehead atoms. The van der Waals surface area contributed by atoms with E-state index in [0.29, 0.717) is 12.8 Å². The summed E-state index contributed by atoms with van der Waals surface area (Å²) < 4.78 is 21.9. The van der Waals surface area contributed by atoms with Gasteiger partial charge in [-0.1, -0.05) is 42.4 Å². The summed E-state index contributed by atoms with van der Waals surface area (Å²) in [7, 11) is 0. The van der Waals surface area contributed by atoms with Gasteiger partial charge in [-0.3, -0.25) is 14.4 Å². The van der Waals surface area contributed by atoms with Gasteiger partial charge in [0.05, 0.1) is 30.8 Å². The Balaban J connectivity index is 2.05. The summed E-state index contributed by atoms with van der Waals surface area (Å²) in [6, 6.07) is 0. The standard InChI is InChI=1S/C32H50O12/c1-7-9-17(2)10-8-11-22(35)23(36)15-25-30(39)31(40)29(38)24(43-25)13-18(3)12-19(4)14-26(41-20(5)33)32-27(42-21(6)34)16-28(37)44-32/h7,9-10,12,19,22-27,29-32,35-36,38-40H,8,11,13-16H2,1-6H3/b9-7+,17-10+,18-12-/t19-,22-,23-,24+,25-,26+,27-,29-,30-,31+,32-/m1/s1. The average molecular weight is 627 g/mol. The Labute approximate surface area is 259 Å². The van der Waals surface area contributed by atoms with Crippen LogP contribution >= 0.6 is 0 Å². The molecule has 0 aromatic heterocycles. The molecule has 0 unspecified atom stereocenters. The van der Waals surface area contributed by atoms with Gasteiger partial charge in [0.2, 0.25) is 0 Å². The summed E-state index contributed by atoms with van der Waals surface area (Å²) in [4.78, 5) is 35.3. The number of rotatable bonds is 15.